The van der Waals surface area contributed by atoms with E-state index in [2.05, 4.69) is 23.7 Å². The van der Waals surface area contributed by atoms with Crippen LogP contribution in [0.1, 0.15) is 25.1 Å². The molecule has 0 fully saturated rings. The third-order valence-corrected chi connectivity index (χ3v) is 4.76. The Kier molecular flexibility index (Phi) is 6.95. The number of benzene rings is 1. The summed E-state index contributed by atoms with van der Waals surface area (Å²) in [4.78, 5) is 19.4. The second-order valence-electron chi connectivity index (χ2n) is 7.61. The fourth-order valence-corrected chi connectivity index (χ4v) is 3.60. The lowest BCUT2D eigenvalue weighted by Crippen LogP contribution is -2.28. The predicted octanol–water partition coefficient (Wildman–Crippen LogP) is 3.38. The third kappa shape index (κ3) is 4.91. The minimum Gasteiger partial charge on any atom is -0.493 e. The normalized spacial score (nSPS) is 11.3. The van der Waals surface area contributed by atoms with Crippen LogP contribution in [0.5, 0.6) is 17.2 Å². The number of ether oxygens (including phenoxy) is 3. The Hall–Kier alpha value is -3.06. The molecule has 0 spiro atoms. The minimum atomic E-state index is -0.0760. The van der Waals surface area contributed by atoms with E-state index < -0.39 is 0 Å². The number of hydrogen-bond acceptors (Lipinski definition) is 6. The molecule has 0 saturated carbocycles. The number of rotatable bonds is 9. The zero-order valence-electron chi connectivity index (χ0n) is 18.2. The maximum atomic E-state index is 12.5. The first-order valence-electron chi connectivity index (χ1n) is 9.93. The number of fused-ring (bicyclic) bond motifs is 1. The quantitative estimate of drug-likeness (QED) is 0.538. The minimum absolute atomic E-state index is 0.0760. The largest absolute Gasteiger partial charge is 0.493 e. The lowest BCUT2D eigenvalue weighted by molar-refractivity contribution is 0.224. The van der Waals surface area contributed by atoms with Crippen molar-refractivity contribution in [3.63, 3.8) is 0 Å². The molecule has 1 aromatic carbocycles. The van der Waals surface area contributed by atoms with E-state index in [0.717, 1.165) is 17.8 Å². The Balaban J connectivity index is 1.91. The number of hydrogen-bond donors (Lipinski definition) is 0. The van der Waals surface area contributed by atoms with Crippen molar-refractivity contribution in [1.82, 2.24) is 14.3 Å². The van der Waals surface area contributed by atoms with Gasteiger partial charge in [0.25, 0.3) is 5.56 Å². The lowest BCUT2D eigenvalue weighted by atomic mass is 10.1. The number of nitrogens with zero attached hydrogens (tertiary/aromatic N) is 3. The van der Waals surface area contributed by atoms with Crippen molar-refractivity contribution in [2.45, 2.75) is 26.9 Å². The van der Waals surface area contributed by atoms with Crippen LogP contribution in [-0.2, 0) is 13.1 Å². The maximum Gasteiger partial charge on any atom is 0.258 e. The van der Waals surface area contributed by atoms with E-state index in [9.17, 15) is 4.79 Å². The predicted molar refractivity (Wildman–Crippen MR) is 117 cm³/mol. The van der Waals surface area contributed by atoms with Gasteiger partial charge in [-0.1, -0.05) is 19.9 Å². The van der Waals surface area contributed by atoms with Crippen molar-refractivity contribution < 1.29 is 14.2 Å². The highest BCUT2D eigenvalue weighted by Crippen LogP contribution is 2.38. The molecule has 7 heteroatoms. The molecule has 0 radical (unpaired) electrons. The first kappa shape index (κ1) is 21.6. The summed E-state index contributed by atoms with van der Waals surface area (Å²) in [6.07, 6.45) is 1.73. The number of pyridine rings is 1. The molecule has 0 atom stereocenters. The van der Waals surface area contributed by atoms with Crippen molar-refractivity contribution in [2.24, 2.45) is 5.92 Å². The molecular weight excluding hydrogens is 382 g/mol. The Morgan fingerprint density at radius 1 is 1.00 bits per heavy atom. The summed E-state index contributed by atoms with van der Waals surface area (Å²) in [5, 5.41) is 0. The molecule has 0 N–H and O–H groups in total. The van der Waals surface area contributed by atoms with Crippen LogP contribution >= 0.6 is 0 Å². The Morgan fingerprint density at radius 3 is 2.30 bits per heavy atom. The molecule has 30 heavy (non-hydrogen) atoms. The molecule has 7 nitrogen and oxygen atoms in total. The Bertz CT molecular complexity index is 1040. The topological polar surface area (TPSA) is 65.3 Å². The fourth-order valence-electron chi connectivity index (χ4n) is 3.60. The van der Waals surface area contributed by atoms with Crippen molar-refractivity contribution >= 4 is 5.65 Å². The SMILES string of the molecule is COc1cc(CN(Cc2cc(=O)n3ccccc3n2)CC(C)C)cc(OC)c1OC. The summed E-state index contributed by atoms with van der Waals surface area (Å²) in [6, 6.07) is 11.1. The van der Waals surface area contributed by atoms with E-state index in [4.69, 9.17) is 14.2 Å². The van der Waals surface area contributed by atoms with Gasteiger partial charge in [-0.25, -0.2) is 4.98 Å². The van der Waals surface area contributed by atoms with Gasteiger partial charge in [-0.05, 0) is 35.7 Å². The summed E-state index contributed by atoms with van der Waals surface area (Å²) in [6.45, 7) is 6.42. The van der Waals surface area contributed by atoms with Crippen LogP contribution in [0.25, 0.3) is 5.65 Å². The highest BCUT2D eigenvalue weighted by Gasteiger charge is 2.17. The van der Waals surface area contributed by atoms with E-state index in [1.807, 2.05) is 30.3 Å². The summed E-state index contributed by atoms with van der Waals surface area (Å²) in [7, 11) is 4.81. The average molecular weight is 412 g/mol. The molecule has 0 bridgehead atoms. The smallest absolute Gasteiger partial charge is 0.258 e. The molecule has 0 aliphatic rings. The zero-order valence-corrected chi connectivity index (χ0v) is 18.2. The maximum absolute atomic E-state index is 12.5. The molecule has 160 valence electrons. The zero-order chi connectivity index (χ0) is 21.7. The second kappa shape index (κ2) is 9.63. The Morgan fingerprint density at radius 2 is 1.70 bits per heavy atom. The van der Waals surface area contributed by atoms with Gasteiger partial charge in [-0.2, -0.15) is 0 Å². The van der Waals surface area contributed by atoms with E-state index >= 15 is 0 Å². The lowest BCUT2D eigenvalue weighted by Gasteiger charge is -2.25. The van der Waals surface area contributed by atoms with E-state index in [0.29, 0.717) is 41.9 Å². The first-order valence-corrected chi connectivity index (χ1v) is 9.93. The molecule has 0 aliphatic heterocycles. The van der Waals surface area contributed by atoms with Gasteiger partial charge >= 0.3 is 0 Å². The monoisotopic (exact) mass is 411 g/mol. The first-order chi connectivity index (χ1) is 14.4. The van der Waals surface area contributed by atoms with Gasteiger partial charge in [0.1, 0.15) is 5.65 Å². The van der Waals surface area contributed by atoms with Crippen molar-refractivity contribution in [1.29, 1.82) is 0 Å². The fraction of sp³-hybridized carbons (Fsp3) is 0.391. The van der Waals surface area contributed by atoms with Gasteiger partial charge in [0.05, 0.1) is 27.0 Å². The molecule has 0 amide bonds. The molecule has 2 aromatic heterocycles. The van der Waals surface area contributed by atoms with E-state index in [-0.39, 0.29) is 5.56 Å². The number of methoxy groups -OCH3 is 3. The van der Waals surface area contributed by atoms with Gasteiger partial charge in [-0.15, -0.1) is 0 Å². The van der Waals surface area contributed by atoms with Gasteiger partial charge < -0.3 is 14.2 Å². The summed E-state index contributed by atoms with van der Waals surface area (Å²) in [5.41, 5.74) is 2.35. The van der Waals surface area contributed by atoms with E-state index in [1.54, 1.807) is 38.0 Å². The van der Waals surface area contributed by atoms with Crippen LogP contribution in [-0.4, -0.2) is 42.2 Å². The van der Waals surface area contributed by atoms with Crippen LogP contribution in [0.2, 0.25) is 0 Å². The van der Waals surface area contributed by atoms with Crippen molar-refractivity contribution in [3.05, 3.63) is 64.2 Å². The van der Waals surface area contributed by atoms with Crippen molar-refractivity contribution in [3.8, 4) is 17.2 Å². The standard InChI is InChI=1S/C23H29N3O4/c1-16(2)13-25(14-17-10-19(28-3)23(30-5)20(11-17)29-4)15-18-12-22(27)26-9-7-6-8-21(26)24-18/h6-12,16H,13-15H2,1-5H3. The number of aromatic nitrogens is 2. The molecule has 0 aliphatic carbocycles. The summed E-state index contributed by atoms with van der Waals surface area (Å²) < 4.78 is 17.9. The van der Waals surface area contributed by atoms with Crippen LogP contribution < -0.4 is 19.8 Å². The molecule has 2 heterocycles. The van der Waals surface area contributed by atoms with Crippen LogP contribution in [0.4, 0.5) is 0 Å². The third-order valence-electron chi connectivity index (χ3n) is 4.76. The van der Waals surface area contributed by atoms with Crippen LogP contribution in [0.15, 0.2) is 47.4 Å². The molecule has 3 rings (SSSR count). The van der Waals surface area contributed by atoms with Gasteiger partial charge in [-0.3, -0.25) is 14.1 Å². The average Bonchev–Trinajstić information content (AvgIpc) is 2.72. The summed E-state index contributed by atoms with van der Waals surface area (Å²) in [5.74, 6) is 2.27. The summed E-state index contributed by atoms with van der Waals surface area (Å²) >= 11 is 0. The molecule has 3 aromatic rings. The van der Waals surface area contributed by atoms with Gasteiger partial charge in [0.15, 0.2) is 11.5 Å². The van der Waals surface area contributed by atoms with Crippen LogP contribution in [0.3, 0.4) is 0 Å². The van der Waals surface area contributed by atoms with Gasteiger partial charge in [0, 0.05) is 31.9 Å². The van der Waals surface area contributed by atoms with Gasteiger partial charge in [0.2, 0.25) is 5.75 Å². The highest BCUT2D eigenvalue weighted by atomic mass is 16.5. The highest BCUT2D eigenvalue weighted by molar-refractivity contribution is 5.53. The van der Waals surface area contributed by atoms with Crippen molar-refractivity contribution in [2.75, 3.05) is 27.9 Å². The Labute approximate surface area is 176 Å². The molecular formula is C23H29N3O4. The van der Waals surface area contributed by atoms with E-state index in [1.165, 1.54) is 0 Å². The second-order valence-corrected chi connectivity index (χ2v) is 7.61. The van der Waals surface area contributed by atoms with Crippen LogP contribution in [0, 0.1) is 5.92 Å². The molecule has 0 unspecified atom stereocenters. The molecule has 0 saturated heterocycles.